The summed E-state index contributed by atoms with van der Waals surface area (Å²) < 4.78 is 1.96. The first-order valence-electron chi connectivity index (χ1n) is 9.61. The molecular formula is C20H25N5O2. The van der Waals surface area contributed by atoms with Gasteiger partial charge in [-0.3, -0.25) is 9.59 Å². The van der Waals surface area contributed by atoms with Crippen LogP contribution >= 0.6 is 0 Å². The topological polar surface area (TPSA) is 71.3 Å². The van der Waals surface area contributed by atoms with Crippen molar-refractivity contribution in [3.63, 3.8) is 0 Å². The largest absolute Gasteiger partial charge is 0.341 e. The first-order chi connectivity index (χ1) is 13.1. The van der Waals surface area contributed by atoms with Crippen LogP contribution in [-0.2, 0) is 18.4 Å². The predicted octanol–water partition coefficient (Wildman–Crippen LogP) is 1.96. The number of amides is 2. The maximum absolute atomic E-state index is 13.2. The lowest BCUT2D eigenvalue weighted by atomic mass is 9.95. The molecule has 1 atom stereocenters. The summed E-state index contributed by atoms with van der Waals surface area (Å²) in [7, 11) is 1.95. The van der Waals surface area contributed by atoms with Crippen molar-refractivity contribution in [2.45, 2.75) is 44.7 Å². The number of benzene rings is 1. The van der Waals surface area contributed by atoms with Crippen LogP contribution in [-0.4, -0.2) is 55.5 Å². The number of rotatable bonds is 4. The van der Waals surface area contributed by atoms with Gasteiger partial charge in [0.15, 0.2) is 0 Å². The Bertz CT molecular complexity index is 854. The molecule has 3 heterocycles. The van der Waals surface area contributed by atoms with Gasteiger partial charge in [-0.25, -0.2) is 0 Å². The minimum absolute atomic E-state index is 0.0280. The minimum Gasteiger partial charge on any atom is -0.341 e. The first kappa shape index (κ1) is 17.7. The maximum Gasteiger partial charge on any atom is 0.255 e. The average molecular weight is 367 g/mol. The summed E-state index contributed by atoms with van der Waals surface area (Å²) in [6.07, 6.45) is 4.10. The van der Waals surface area contributed by atoms with E-state index in [0.717, 1.165) is 29.8 Å². The molecule has 2 aromatic rings. The Hall–Kier alpha value is -2.70. The fourth-order valence-electron chi connectivity index (χ4n) is 4.29. The van der Waals surface area contributed by atoms with E-state index in [9.17, 15) is 9.59 Å². The van der Waals surface area contributed by atoms with Crippen molar-refractivity contribution in [2.24, 2.45) is 7.05 Å². The zero-order chi connectivity index (χ0) is 19.0. The average Bonchev–Trinajstić information content (AvgIpc) is 3.27. The number of hydrogen-bond acceptors (Lipinski definition) is 4. The second-order valence-electron chi connectivity index (χ2n) is 7.41. The van der Waals surface area contributed by atoms with Crippen molar-refractivity contribution in [1.82, 2.24) is 24.6 Å². The number of piperidine rings is 1. The fraction of sp³-hybridized carbons (Fsp3) is 0.500. The quantitative estimate of drug-likeness (QED) is 0.828. The number of aromatic nitrogens is 3. The summed E-state index contributed by atoms with van der Waals surface area (Å²) in [5.41, 5.74) is 1.74. The van der Waals surface area contributed by atoms with Crippen molar-refractivity contribution < 1.29 is 9.59 Å². The van der Waals surface area contributed by atoms with Crippen molar-refractivity contribution in [3.05, 3.63) is 47.5 Å². The van der Waals surface area contributed by atoms with Crippen LogP contribution in [0.15, 0.2) is 30.6 Å². The standard InChI is InChI=1S/C20H25N5O2/c1-3-17(25-12-15-6-4-5-7-16(15)19(25)26)20(27)24-10-8-14(9-11-24)18-22-21-13-23(18)2/h4-7,13-14,17H,3,8-12H2,1-2H3. The smallest absolute Gasteiger partial charge is 0.255 e. The Morgan fingerprint density at radius 3 is 2.63 bits per heavy atom. The van der Waals surface area contributed by atoms with Crippen LogP contribution in [0.5, 0.6) is 0 Å². The molecule has 1 unspecified atom stereocenters. The van der Waals surface area contributed by atoms with Gasteiger partial charge < -0.3 is 14.4 Å². The molecule has 0 N–H and O–H groups in total. The first-order valence-corrected chi connectivity index (χ1v) is 9.61. The third-order valence-corrected chi connectivity index (χ3v) is 5.82. The second kappa shape index (κ2) is 7.13. The fourth-order valence-corrected chi connectivity index (χ4v) is 4.29. The van der Waals surface area contributed by atoms with Gasteiger partial charge in [-0.15, -0.1) is 10.2 Å². The Morgan fingerprint density at radius 2 is 2.00 bits per heavy atom. The monoisotopic (exact) mass is 367 g/mol. The van der Waals surface area contributed by atoms with E-state index >= 15 is 0 Å². The third kappa shape index (κ3) is 3.11. The zero-order valence-corrected chi connectivity index (χ0v) is 15.8. The minimum atomic E-state index is -0.392. The van der Waals surface area contributed by atoms with E-state index in [1.165, 1.54) is 0 Å². The Balaban J connectivity index is 1.43. The molecule has 0 bridgehead atoms. The van der Waals surface area contributed by atoms with Gasteiger partial charge in [-0.1, -0.05) is 25.1 Å². The van der Waals surface area contributed by atoms with E-state index in [1.54, 1.807) is 11.2 Å². The molecule has 0 radical (unpaired) electrons. The molecule has 7 nitrogen and oxygen atoms in total. The van der Waals surface area contributed by atoms with Crippen LogP contribution in [0.25, 0.3) is 0 Å². The summed E-state index contributed by atoms with van der Waals surface area (Å²) in [5, 5.41) is 8.17. The molecule has 1 aromatic heterocycles. The number of likely N-dealkylation sites (tertiary alicyclic amines) is 1. The molecule has 1 saturated heterocycles. The van der Waals surface area contributed by atoms with Gasteiger partial charge in [0.2, 0.25) is 5.91 Å². The second-order valence-corrected chi connectivity index (χ2v) is 7.41. The van der Waals surface area contributed by atoms with E-state index in [1.807, 2.05) is 47.7 Å². The zero-order valence-electron chi connectivity index (χ0n) is 15.8. The van der Waals surface area contributed by atoms with E-state index in [4.69, 9.17) is 0 Å². The van der Waals surface area contributed by atoms with Gasteiger partial charge >= 0.3 is 0 Å². The number of hydrogen-bond donors (Lipinski definition) is 0. The summed E-state index contributed by atoms with van der Waals surface area (Å²) >= 11 is 0. The van der Waals surface area contributed by atoms with E-state index in [-0.39, 0.29) is 11.8 Å². The van der Waals surface area contributed by atoms with E-state index in [2.05, 4.69) is 10.2 Å². The lowest BCUT2D eigenvalue weighted by Gasteiger charge is -2.36. The number of carbonyl (C=O) groups is 2. The van der Waals surface area contributed by atoms with Gasteiger partial charge in [0, 0.05) is 38.2 Å². The summed E-state index contributed by atoms with van der Waals surface area (Å²) in [6, 6.07) is 7.24. The molecule has 27 heavy (non-hydrogen) atoms. The van der Waals surface area contributed by atoms with Crippen LogP contribution in [0.3, 0.4) is 0 Å². The lowest BCUT2D eigenvalue weighted by molar-refractivity contribution is -0.137. The molecular weight excluding hydrogens is 342 g/mol. The van der Waals surface area contributed by atoms with Crippen molar-refractivity contribution >= 4 is 11.8 Å². The van der Waals surface area contributed by atoms with E-state index < -0.39 is 6.04 Å². The molecule has 7 heteroatoms. The summed E-state index contributed by atoms with van der Waals surface area (Å²) in [4.78, 5) is 29.6. The van der Waals surface area contributed by atoms with Gasteiger partial charge in [-0.2, -0.15) is 0 Å². The Morgan fingerprint density at radius 1 is 1.26 bits per heavy atom. The van der Waals surface area contributed by atoms with Crippen LogP contribution in [0.1, 0.15) is 53.8 Å². The molecule has 4 rings (SSSR count). The molecule has 142 valence electrons. The van der Waals surface area contributed by atoms with Crippen molar-refractivity contribution in [1.29, 1.82) is 0 Å². The predicted molar refractivity (Wildman–Crippen MR) is 100.0 cm³/mol. The van der Waals surface area contributed by atoms with Gasteiger partial charge in [0.25, 0.3) is 5.91 Å². The molecule has 1 aromatic carbocycles. The Labute approximate surface area is 159 Å². The molecule has 0 saturated carbocycles. The summed E-state index contributed by atoms with van der Waals surface area (Å²) in [6.45, 7) is 3.89. The molecule has 1 fully saturated rings. The highest BCUT2D eigenvalue weighted by atomic mass is 16.2. The number of nitrogens with zero attached hydrogens (tertiary/aromatic N) is 5. The highest BCUT2D eigenvalue weighted by molar-refractivity contribution is 6.01. The summed E-state index contributed by atoms with van der Waals surface area (Å²) in [5.74, 6) is 1.36. The molecule has 2 aliphatic rings. The van der Waals surface area contributed by atoms with Gasteiger partial charge in [-0.05, 0) is 30.9 Å². The number of carbonyl (C=O) groups excluding carboxylic acids is 2. The van der Waals surface area contributed by atoms with Crippen molar-refractivity contribution in [2.75, 3.05) is 13.1 Å². The number of fused-ring (bicyclic) bond motifs is 1. The lowest BCUT2D eigenvalue weighted by Crippen LogP contribution is -2.50. The maximum atomic E-state index is 13.2. The highest BCUT2D eigenvalue weighted by Crippen LogP contribution is 2.29. The van der Waals surface area contributed by atoms with Crippen LogP contribution in [0, 0.1) is 0 Å². The van der Waals surface area contributed by atoms with Crippen LogP contribution in [0.2, 0.25) is 0 Å². The molecule has 2 amide bonds. The van der Waals surface area contributed by atoms with Crippen LogP contribution < -0.4 is 0 Å². The normalized spacial score (nSPS) is 18.7. The Kier molecular flexibility index (Phi) is 4.68. The van der Waals surface area contributed by atoms with Gasteiger partial charge in [0.1, 0.15) is 18.2 Å². The molecule has 2 aliphatic heterocycles. The highest BCUT2D eigenvalue weighted by Gasteiger charge is 2.38. The van der Waals surface area contributed by atoms with Crippen molar-refractivity contribution in [3.8, 4) is 0 Å². The van der Waals surface area contributed by atoms with Crippen LogP contribution in [0.4, 0.5) is 0 Å². The molecule has 0 spiro atoms. The third-order valence-electron chi connectivity index (χ3n) is 5.82. The SMILES string of the molecule is CCC(C(=O)N1CCC(c2nncn2C)CC1)N1Cc2ccccc2C1=O. The molecule has 0 aliphatic carbocycles. The van der Waals surface area contributed by atoms with E-state index in [0.29, 0.717) is 32.0 Å². The van der Waals surface area contributed by atoms with Gasteiger partial charge in [0.05, 0.1) is 0 Å². The number of aryl methyl sites for hydroxylation is 1.